The highest BCUT2D eigenvalue weighted by atomic mass is 16.1. The molecule has 2 heterocycles. The molecule has 0 aliphatic carbocycles. The van der Waals surface area contributed by atoms with E-state index in [0.717, 1.165) is 33.3 Å². The van der Waals surface area contributed by atoms with Crippen molar-refractivity contribution in [3.05, 3.63) is 150 Å². The summed E-state index contributed by atoms with van der Waals surface area (Å²) in [6.45, 7) is 0. The summed E-state index contributed by atoms with van der Waals surface area (Å²) in [5, 5.41) is 4.84. The normalized spacial score (nSPS) is 11.5. The van der Waals surface area contributed by atoms with Crippen LogP contribution in [0.25, 0.3) is 77.1 Å². The van der Waals surface area contributed by atoms with Crippen LogP contribution in [0.3, 0.4) is 0 Å². The summed E-state index contributed by atoms with van der Waals surface area (Å²) in [5.41, 5.74) is 11.1. The van der Waals surface area contributed by atoms with E-state index in [2.05, 4.69) is 120 Å². The predicted molar refractivity (Wildman–Crippen MR) is 183 cm³/mol. The summed E-state index contributed by atoms with van der Waals surface area (Å²) in [6, 6.07) is 45.4. The minimum atomic E-state index is -0.0207. The lowest BCUT2D eigenvalue weighted by molar-refractivity contribution is 0.795. The SMILES string of the molecule is Cn1c(=O)n(C)c2cc(-c3ccc4c(-c5ccc(-c6cccnc6)cc5)c5ccccc5c(-c5ccccc5)c4c3)ccc21. The molecule has 6 aromatic carbocycles. The zero-order chi connectivity index (χ0) is 29.8. The van der Waals surface area contributed by atoms with Crippen molar-refractivity contribution in [2.75, 3.05) is 0 Å². The van der Waals surface area contributed by atoms with E-state index in [9.17, 15) is 4.79 Å². The second kappa shape index (κ2) is 10.2. The van der Waals surface area contributed by atoms with Gasteiger partial charge in [-0.1, -0.05) is 103 Å². The van der Waals surface area contributed by atoms with Crippen LogP contribution in [-0.2, 0) is 14.1 Å². The molecule has 0 amide bonds. The first kappa shape index (κ1) is 25.9. The van der Waals surface area contributed by atoms with Crippen LogP contribution in [0.15, 0.2) is 145 Å². The number of aryl methyl sites for hydroxylation is 2. The number of pyridine rings is 1. The predicted octanol–water partition coefficient (Wildman–Crippen LogP) is 9.25. The maximum absolute atomic E-state index is 12.6. The third kappa shape index (κ3) is 4.07. The fraction of sp³-hybridized carbons (Fsp3) is 0.0500. The molecule has 0 saturated heterocycles. The van der Waals surface area contributed by atoms with E-state index in [0.29, 0.717) is 0 Å². The Hall–Kier alpha value is -5.74. The Kier molecular flexibility index (Phi) is 6.02. The largest absolute Gasteiger partial charge is 0.328 e. The number of hydrogen-bond acceptors (Lipinski definition) is 2. The molecule has 4 heteroatoms. The van der Waals surface area contributed by atoms with E-state index in [1.54, 1.807) is 15.3 Å². The van der Waals surface area contributed by atoms with Crippen LogP contribution in [-0.4, -0.2) is 14.1 Å². The molecule has 4 nitrogen and oxygen atoms in total. The van der Waals surface area contributed by atoms with Crippen LogP contribution >= 0.6 is 0 Å². The number of rotatable bonds is 4. The van der Waals surface area contributed by atoms with Crippen LogP contribution in [0.1, 0.15) is 0 Å². The number of aromatic nitrogens is 3. The van der Waals surface area contributed by atoms with E-state index in [-0.39, 0.29) is 5.69 Å². The van der Waals surface area contributed by atoms with Crippen molar-refractivity contribution >= 4 is 32.6 Å². The van der Waals surface area contributed by atoms with Gasteiger partial charge in [-0.15, -0.1) is 0 Å². The molecule has 8 rings (SSSR count). The highest BCUT2D eigenvalue weighted by Crippen LogP contribution is 2.45. The molecule has 0 unspecified atom stereocenters. The van der Waals surface area contributed by atoms with Gasteiger partial charge in [0.2, 0.25) is 0 Å². The molecular weight excluding hydrogens is 538 g/mol. The van der Waals surface area contributed by atoms with E-state index in [4.69, 9.17) is 0 Å². The van der Waals surface area contributed by atoms with Gasteiger partial charge < -0.3 is 0 Å². The van der Waals surface area contributed by atoms with Crippen molar-refractivity contribution in [3.63, 3.8) is 0 Å². The van der Waals surface area contributed by atoms with Crippen molar-refractivity contribution in [1.82, 2.24) is 14.1 Å². The van der Waals surface area contributed by atoms with E-state index >= 15 is 0 Å². The summed E-state index contributed by atoms with van der Waals surface area (Å²) in [4.78, 5) is 16.9. The quantitative estimate of drug-likeness (QED) is 0.199. The number of benzene rings is 6. The Balaban J connectivity index is 1.41. The molecule has 0 saturated carbocycles. The first-order valence-electron chi connectivity index (χ1n) is 14.8. The lowest BCUT2D eigenvalue weighted by Crippen LogP contribution is -2.19. The molecule has 0 N–H and O–H groups in total. The van der Waals surface area contributed by atoms with Gasteiger partial charge in [0.1, 0.15) is 0 Å². The summed E-state index contributed by atoms with van der Waals surface area (Å²) in [6.07, 6.45) is 3.71. The van der Waals surface area contributed by atoms with Crippen molar-refractivity contribution in [2.24, 2.45) is 14.1 Å². The molecule has 0 aliphatic rings. The van der Waals surface area contributed by atoms with E-state index in [1.165, 1.54) is 43.8 Å². The molecule has 8 aromatic rings. The molecule has 0 atom stereocenters. The topological polar surface area (TPSA) is 39.8 Å². The second-order valence-electron chi connectivity index (χ2n) is 11.3. The number of nitrogens with zero attached hydrogens (tertiary/aromatic N) is 3. The number of fused-ring (bicyclic) bond motifs is 3. The highest BCUT2D eigenvalue weighted by Gasteiger charge is 2.18. The van der Waals surface area contributed by atoms with Crippen LogP contribution in [0.2, 0.25) is 0 Å². The number of hydrogen-bond donors (Lipinski definition) is 0. The monoisotopic (exact) mass is 567 g/mol. The van der Waals surface area contributed by atoms with Crippen LogP contribution in [0, 0.1) is 0 Å². The molecule has 44 heavy (non-hydrogen) atoms. The minimum absolute atomic E-state index is 0.0207. The summed E-state index contributed by atoms with van der Waals surface area (Å²) in [7, 11) is 3.66. The third-order valence-corrected chi connectivity index (χ3v) is 8.86. The lowest BCUT2D eigenvalue weighted by atomic mass is 9.84. The van der Waals surface area contributed by atoms with Gasteiger partial charge in [-0.3, -0.25) is 14.1 Å². The fourth-order valence-corrected chi connectivity index (χ4v) is 6.63. The van der Waals surface area contributed by atoms with Crippen molar-refractivity contribution in [1.29, 1.82) is 0 Å². The van der Waals surface area contributed by atoms with Gasteiger partial charge in [0, 0.05) is 26.5 Å². The van der Waals surface area contributed by atoms with Crippen LogP contribution in [0.5, 0.6) is 0 Å². The summed E-state index contributed by atoms with van der Waals surface area (Å²) < 4.78 is 3.42. The van der Waals surface area contributed by atoms with Gasteiger partial charge in [0.05, 0.1) is 11.0 Å². The Labute approximate surface area is 255 Å². The average molecular weight is 568 g/mol. The zero-order valence-corrected chi connectivity index (χ0v) is 24.5. The standard InChI is InChI=1S/C40H29N3O/c1-42-36-21-19-30(24-37(36)43(2)40(42)44)29-18-20-34-35(23-29)39(27-9-4-3-5-10-27)33-13-7-6-12-32(33)38(34)28-16-14-26(15-17-28)31-11-8-22-41-25-31/h3-25H,1-2H3. The molecule has 0 bridgehead atoms. The van der Waals surface area contributed by atoms with Gasteiger partial charge >= 0.3 is 5.69 Å². The first-order chi connectivity index (χ1) is 21.6. The summed E-state index contributed by atoms with van der Waals surface area (Å²) in [5.74, 6) is 0. The zero-order valence-electron chi connectivity index (χ0n) is 24.5. The van der Waals surface area contributed by atoms with Gasteiger partial charge in [-0.2, -0.15) is 0 Å². The maximum Gasteiger partial charge on any atom is 0.328 e. The molecule has 2 aromatic heterocycles. The molecule has 0 fully saturated rings. The maximum atomic E-state index is 12.6. The highest BCUT2D eigenvalue weighted by molar-refractivity contribution is 6.22. The first-order valence-corrected chi connectivity index (χ1v) is 14.8. The number of imidazole rings is 1. The Morgan fingerprint density at radius 1 is 0.455 bits per heavy atom. The van der Waals surface area contributed by atoms with E-state index in [1.807, 2.05) is 32.4 Å². The Morgan fingerprint density at radius 3 is 1.73 bits per heavy atom. The smallest absolute Gasteiger partial charge is 0.295 e. The van der Waals surface area contributed by atoms with Crippen molar-refractivity contribution in [3.8, 4) is 44.5 Å². The third-order valence-electron chi connectivity index (χ3n) is 8.86. The van der Waals surface area contributed by atoms with Gasteiger partial charge in [0.15, 0.2) is 0 Å². The average Bonchev–Trinajstić information content (AvgIpc) is 3.30. The van der Waals surface area contributed by atoms with Gasteiger partial charge in [0.25, 0.3) is 0 Å². The van der Waals surface area contributed by atoms with Gasteiger partial charge in [-0.25, -0.2) is 4.79 Å². The Bertz CT molecular complexity index is 2400. The second-order valence-corrected chi connectivity index (χ2v) is 11.3. The van der Waals surface area contributed by atoms with Crippen LogP contribution < -0.4 is 5.69 Å². The fourth-order valence-electron chi connectivity index (χ4n) is 6.63. The molecular formula is C40H29N3O. The van der Waals surface area contributed by atoms with Crippen LogP contribution in [0.4, 0.5) is 0 Å². The van der Waals surface area contributed by atoms with Gasteiger partial charge in [-0.05, 0) is 90.3 Å². The lowest BCUT2D eigenvalue weighted by Gasteiger charge is -2.19. The molecule has 210 valence electrons. The molecule has 0 radical (unpaired) electrons. The molecule has 0 aliphatic heterocycles. The van der Waals surface area contributed by atoms with Crippen molar-refractivity contribution in [2.45, 2.75) is 0 Å². The molecule has 0 spiro atoms. The van der Waals surface area contributed by atoms with Crippen molar-refractivity contribution < 1.29 is 0 Å². The Morgan fingerprint density at radius 2 is 1.00 bits per heavy atom. The van der Waals surface area contributed by atoms with E-state index < -0.39 is 0 Å². The minimum Gasteiger partial charge on any atom is -0.295 e. The summed E-state index contributed by atoms with van der Waals surface area (Å²) >= 11 is 0.